The van der Waals surface area contributed by atoms with Gasteiger partial charge in [-0.25, -0.2) is 0 Å². The highest BCUT2D eigenvalue weighted by Gasteiger charge is 2.41. The predicted molar refractivity (Wildman–Crippen MR) is 55.5 cm³/mol. The molecule has 0 spiro atoms. The van der Waals surface area contributed by atoms with E-state index < -0.39 is 0 Å². The molecule has 0 aromatic carbocycles. The first-order chi connectivity index (χ1) is 6.40. The fourth-order valence-electron chi connectivity index (χ4n) is 3.98. The van der Waals surface area contributed by atoms with Gasteiger partial charge in [0.25, 0.3) is 0 Å². The van der Waals surface area contributed by atoms with Crippen LogP contribution in [-0.4, -0.2) is 0 Å². The van der Waals surface area contributed by atoms with Crippen molar-refractivity contribution in [2.24, 2.45) is 23.7 Å². The van der Waals surface area contributed by atoms with Crippen LogP contribution in [-0.2, 0) is 0 Å². The van der Waals surface area contributed by atoms with Crippen LogP contribution in [0.4, 0.5) is 0 Å². The van der Waals surface area contributed by atoms with Gasteiger partial charge in [-0.1, -0.05) is 19.3 Å². The summed E-state index contributed by atoms with van der Waals surface area (Å²) in [5, 5.41) is 0. The summed E-state index contributed by atoms with van der Waals surface area (Å²) < 4.78 is 0. The lowest BCUT2D eigenvalue weighted by atomic mass is 9.56. The van der Waals surface area contributed by atoms with E-state index in [9.17, 15) is 0 Å². The van der Waals surface area contributed by atoms with Crippen LogP contribution in [0.1, 0.15) is 57.8 Å². The van der Waals surface area contributed by atoms with Crippen molar-refractivity contribution in [1.82, 2.24) is 0 Å². The number of rotatable bonds is 0. The van der Waals surface area contributed by atoms with E-state index in [1.807, 2.05) is 0 Å². The molecular weight excluding hydrogens is 156 g/mol. The second-order valence-electron chi connectivity index (χ2n) is 5.94. The van der Waals surface area contributed by atoms with Crippen molar-refractivity contribution in [2.75, 3.05) is 0 Å². The fourth-order valence-corrected chi connectivity index (χ4v) is 3.98. The Balaban J connectivity index is 0.000000161. The summed E-state index contributed by atoms with van der Waals surface area (Å²) >= 11 is 0. The summed E-state index contributed by atoms with van der Waals surface area (Å²) in [6.45, 7) is 0. The molecule has 0 atom stereocenters. The van der Waals surface area contributed by atoms with Crippen LogP contribution >= 0.6 is 0 Å². The van der Waals surface area contributed by atoms with Crippen molar-refractivity contribution >= 4 is 0 Å². The first kappa shape index (κ1) is 8.32. The third-order valence-electron chi connectivity index (χ3n) is 4.35. The van der Waals surface area contributed by atoms with E-state index in [-0.39, 0.29) is 0 Å². The average Bonchev–Trinajstić information content (AvgIpc) is 2.85. The zero-order valence-corrected chi connectivity index (χ0v) is 8.67. The molecule has 0 unspecified atom stereocenters. The molecule has 5 saturated carbocycles. The smallest absolute Gasteiger partial charge is 0.0406 e. The number of hydrogen-bond acceptors (Lipinski definition) is 0. The molecule has 5 rings (SSSR count). The van der Waals surface area contributed by atoms with Gasteiger partial charge in [0.2, 0.25) is 0 Å². The van der Waals surface area contributed by atoms with Gasteiger partial charge in [0, 0.05) is 0 Å². The summed E-state index contributed by atoms with van der Waals surface area (Å²) in [7, 11) is 0. The van der Waals surface area contributed by atoms with E-state index in [0.717, 1.165) is 0 Å². The van der Waals surface area contributed by atoms with E-state index >= 15 is 0 Å². The van der Waals surface area contributed by atoms with Crippen LogP contribution in [0.2, 0.25) is 0 Å². The Kier molecular flexibility index (Phi) is 2.11. The van der Waals surface area contributed by atoms with Crippen molar-refractivity contribution in [1.29, 1.82) is 0 Å². The molecule has 0 aromatic rings. The quantitative estimate of drug-likeness (QED) is 0.526. The standard InChI is InChI=1S/C10H16.C3H6/c1-7-2-9-4-8(1)5-10(3-7)6-9;1-2-3-1/h7-10H,1-6H2;1-3H2. The Labute approximate surface area is 82.1 Å². The largest absolute Gasteiger partial charge is 0.0533 e. The molecule has 0 heterocycles. The van der Waals surface area contributed by atoms with Crippen molar-refractivity contribution in [3.8, 4) is 0 Å². The average molecular weight is 178 g/mol. The Morgan fingerprint density at radius 3 is 0.769 bits per heavy atom. The highest BCUT2D eigenvalue weighted by atomic mass is 14.5. The molecule has 74 valence electrons. The lowest BCUT2D eigenvalue weighted by Crippen LogP contribution is -2.38. The van der Waals surface area contributed by atoms with E-state index in [2.05, 4.69) is 0 Å². The molecule has 13 heavy (non-hydrogen) atoms. The van der Waals surface area contributed by atoms with Crippen LogP contribution in [0, 0.1) is 23.7 Å². The molecule has 4 bridgehead atoms. The summed E-state index contributed by atoms with van der Waals surface area (Å²) in [6, 6.07) is 0. The zero-order chi connectivity index (χ0) is 8.67. The molecule has 0 amide bonds. The lowest BCUT2D eigenvalue weighted by Gasteiger charge is -2.49. The van der Waals surface area contributed by atoms with E-state index in [4.69, 9.17) is 0 Å². The van der Waals surface area contributed by atoms with Crippen LogP contribution in [0.25, 0.3) is 0 Å². The van der Waals surface area contributed by atoms with E-state index in [1.54, 1.807) is 38.5 Å². The first-order valence-corrected chi connectivity index (χ1v) is 6.40. The molecule has 0 saturated heterocycles. The topological polar surface area (TPSA) is 0 Å². The SMILES string of the molecule is C1C2CC3CC1CC(C2)C3.C1CC1. The highest BCUT2D eigenvalue weighted by molar-refractivity contribution is 4.92. The molecule has 5 fully saturated rings. The van der Waals surface area contributed by atoms with Crippen LogP contribution in [0.15, 0.2) is 0 Å². The predicted octanol–water partition coefficient (Wildman–Crippen LogP) is 4.00. The number of hydrogen-bond donors (Lipinski definition) is 0. The fraction of sp³-hybridized carbons (Fsp3) is 1.00. The van der Waals surface area contributed by atoms with Crippen LogP contribution in [0.3, 0.4) is 0 Å². The maximum Gasteiger partial charge on any atom is -0.0406 e. The van der Waals surface area contributed by atoms with Crippen LogP contribution in [0.5, 0.6) is 0 Å². The highest BCUT2D eigenvalue weighted by Crippen LogP contribution is 2.53. The molecule has 0 aromatic heterocycles. The minimum Gasteiger partial charge on any atom is -0.0533 e. The van der Waals surface area contributed by atoms with Crippen molar-refractivity contribution in [3.63, 3.8) is 0 Å². The molecule has 0 N–H and O–H groups in total. The minimum absolute atomic E-state index is 1.18. The second kappa shape index (κ2) is 3.29. The Bertz CT molecular complexity index is 121. The summed E-state index contributed by atoms with van der Waals surface area (Å²) in [5.74, 6) is 4.71. The van der Waals surface area contributed by atoms with Gasteiger partial charge in [0.05, 0.1) is 0 Å². The van der Waals surface area contributed by atoms with E-state index in [0.29, 0.717) is 0 Å². The molecule has 0 aliphatic heterocycles. The first-order valence-electron chi connectivity index (χ1n) is 6.40. The van der Waals surface area contributed by atoms with Crippen LogP contribution < -0.4 is 0 Å². The maximum atomic E-state index is 1.60. The van der Waals surface area contributed by atoms with Crippen molar-refractivity contribution in [2.45, 2.75) is 57.8 Å². The van der Waals surface area contributed by atoms with Crippen molar-refractivity contribution < 1.29 is 0 Å². The third kappa shape index (κ3) is 1.92. The summed E-state index contributed by atoms with van der Waals surface area (Å²) in [4.78, 5) is 0. The van der Waals surface area contributed by atoms with Gasteiger partial charge in [-0.15, -0.1) is 0 Å². The summed E-state index contributed by atoms with van der Waals surface area (Å²) in [5.41, 5.74) is 0. The summed E-state index contributed by atoms with van der Waals surface area (Å²) in [6.07, 6.45) is 14.1. The van der Waals surface area contributed by atoms with Gasteiger partial charge in [-0.05, 0) is 62.2 Å². The molecule has 0 heteroatoms. The lowest BCUT2D eigenvalue weighted by molar-refractivity contribution is 0.0198. The second-order valence-corrected chi connectivity index (χ2v) is 5.94. The van der Waals surface area contributed by atoms with Crippen molar-refractivity contribution in [3.05, 3.63) is 0 Å². The minimum atomic E-state index is 1.18. The van der Waals surface area contributed by atoms with Gasteiger partial charge < -0.3 is 0 Å². The molecule has 5 aliphatic rings. The zero-order valence-electron chi connectivity index (χ0n) is 8.67. The Morgan fingerprint density at radius 2 is 0.615 bits per heavy atom. The molecule has 5 aliphatic carbocycles. The maximum absolute atomic E-state index is 1.60. The van der Waals surface area contributed by atoms with E-state index in [1.165, 1.54) is 42.9 Å². The third-order valence-corrected chi connectivity index (χ3v) is 4.35. The van der Waals surface area contributed by atoms with Gasteiger partial charge in [0.1, 0.15) is 0 Å². The molecular formula is C13H22. The van der Waals surface area contributed by atoms with Gasteiger partial charge in [0.15, 0.2) is 0 Å². The van der Waals surface area contributed by atoms with Gasteiger partial charge in [-0.2, -0.15) is 0 Å². The Morgan fingerprint density at radius 1 is 0.385 bits per heavy atom. The van der Waals surface area contributed by atoms with Gasteiger partial charge >= 0.3 is 0 Å². The normalized spacial score (nSPS) is 49.8. The monoisotopic (exact) mass is 178 g/mol. The molecule has 0 radical (unpaired) electrons. The van der Waals surface area contributed by atoms with Gasteiger partial charge in [-0.3, -0.25) is 0 Å². The Hall–Kier alpha value is 0. The molecule has 0 nitrogen and oxygen atoms in total.